The van der Waals surface area contributed by atoms with Crippen molar-refractivity contribution in [3.63, 3.8) is 0 Å². The van der Waals surface area contributed by atoms with E-state index in [0.717, 1.165) is 38.2 Å². The summed E-state index contributed by atoms with van der Waals surface area (Å²) >= 11 is 0. The minimum absolute atomic E-state index is 0.181. The van der Waals surface area contributed by atoms with Crippen molar-refractivity contribution in [3.8, 4) is 0 Å². The molecule has 0 saturated carbocycles. The summed E-state index contributed by atoms with van der Waals surface area (Å²) in [4.78, 5) is 22.1. The number of imidazole rings is 1. The number of fused-ring (bicyclic) bond motifs is 1. The highest BCUT2D eigenvalue weighted by Gasteiger charge is 2.30. The first-order valence-corrected chi connectivity index (χ1v) is 6.57. The number of hydrogen-bond acceptors (Lipinski definition) is 2. The zero-order valence-corrected chi connectivity index (χ0v) is 10.3. The van der Waals surface area contributed by atoms with Crippen molar-refractivity contribution in [2.75, 3.05) is 13.1 Å². The van der Waals surface area contributed by atoms with Crippen LogP contribution >= 0.6 is 0 Å². The van der Waals surface area contributed by atoms with Gasteiger partial charge in [-0.2, -0.15) is 0 Å². The van der Waals surface area contributed by atoms with Crippen LogP contribution in [-0.4, -0.2) is 33.9 Å². The molecule has 92 valence electrons. The molecule has 1 saturated heterocycles. The monoisotopic (exact) mass is 233 g/mol. The SMILES string of the molecule is Cc1nc2c([nH]1)CC(C(=O)N1CCCC1)CC2. The minimum Gasteiger partial charge on any atom is -0.346 e. The van der Waals surface area contributed by atoms with Crippen molar-refractivity contribution in [3.05, 3.63) is 17.2 Å². The van der Waals surface area contributed by atoms with Crippen molar-refractivity contribution < 1.29 is 4.79 Å². The highest BCUT2D eigenvalue weighted by atomic mass is 16.2. The number of nitrogens with zero attached hydrogens (tertiary/aromatic N) is 2. The molecule has 0 bridgehead atoms. The third-order valence-electron chi connectivity index (χ3n) is 3.93. The van der Waals surface area contributed by atoms with Gasteiger partial charge in [-0.3, -0.25) is 4.79 Å². The zero-order chi connectivity index (χ0) is 11.8. The van der Waals surface area contributed by atoms with E-state index in [1.54, 1.807) is 0 Å². The van der Waals surface area contributed by atoms with Crippen molar-refractivity contribution in [2.24, 2.45) is 5.92 Å². The molecule has 1 N–H and O–H groups in total. The van der Waals surface area contributed by atoms with Crippen molar-refractivity contribution in [1.29, 1.82) is 0 Å². The fourth-order valence-corrected chi connectivity index (χ4v) is 3.03. The predicted octanol–water partition coefficient (Wildman–Crippen LogP) is 1.45. The predicted molar refractivity (Wildman–Crippen MR) is 64.7 cm³/mol. The second-order valence-electron chi connectivity index (χ2n) is 5.22. The molecular weight excluding hydrogens is 214 g/mol. The smallest absolute Gasteiger partial charge is 0.226 e. The van der Waals surface area contributed by atoms with Crippen LogP contribution in [0.1, 0.15) is 36.5 Å². The third-order valence-corrected chi connectivity index (χ3v) is 3.93. The molecule has 2 heterocycles. The molecule has 0 spiro atoms. The van der Waals surface area contributed by atoms with Crippen LogP contribution in [0.5, 0.6) is 0 Å². The molecule has 1 aromatic rings. The Kier molecular flexibility index (Phi) is 2.65. The van der Waals surface area contributed by atoms with E-state index in [0.29, 0.717) is 5.91 Å². The van der Waals surface area contributed by atoms with Crippen LogP contribution in [-0.2, 0) is 17.6 Å². The van der Waals surface area contributed by atoms with E-state index >= 15 is 0 Å². The number of carbonyl (C=O) groups is 1. The molecule has 1 aliphatic heterocycles. The minimum atomic E-state index is 0.181. The molecule has 1 unspecified atom stereocenters. The lowest BCUT2D eigenvalue weighted by molar-refractivity contribution is -0.134. The molecule has 2 aliphatic rings. The fraction of sp³-hybridized carbons (Fsp3) is 0.692. The highest BCUT2D eigenvalue weighted by molar-refractivity contribution is 5.79. The number of nitrogens with one attached hydrogen (secondary N) is 1. The van der Waals surface area contributed by atoms with Gasteiger partial charge in [0, 0.05) is 31.1 Å². The summed E-state index contributed by atoms with van der Waals surface area (Å²) in [6, 6.07) is 0. The summed E-state index contributed by atoms with van der Waals surface area (Å²) < 4.78 is 0. The number of hydrogen-bond donors (Lipinski definition) is 1. The number of likely N-dealkylation sites (tertiary alicyclic amines) is 1. The van der Waals surface area contributed by atoms with Crippen LogP contribution in [0.2, 0.25) is 0 Å². The van der Waals surface area contributed by atoms with Gasteiger partial charge in [0.05, 0.1) is 5.69 Å². The molecule has 0 aromatic carbocycles. The first-order valence-electron chi connectivity index (χ1n) is 6.57. The summed E-state index contributed by atoms with van der Waals surface area (Å²) in [6.45, 7) is 3.91. The van der Waals surface area contributed by atoms with Gasteiger partial charge in [-0.25, -0.2) is 4.98 Å². The number of aromatic amines is 1. The second-order valence-corrected chi connectivity index (χ2v) is 5.22. The molecule has 1 atom stereocenters. The van der Waals surface area contributed by atoms with E-state index in [9.17, 15) is 4.79 Å². The normalized spacial score (nSPS) is 23.8. The number of carbonyl (C=O) groups excluding carboxylic acids is 1. The molecular formula is C13H19N3O. The van der Waals surface area contributed by atoms with Crippen molar-refractivity contribution in [1.82, 2.24) is 14.9 Å². The summed E-state index contributed by atoms with van der Waals surface area (Å²) in [5.74, 6) is 1.52. The lowest BCUT2D eigenvalue weighted by Gasteiger charge is -2.25. The van der Waals surface area contributed by atoms with Gasteiger partial charge < -0.3 is 9.88 Å². The highest BCUT2D eigenvalue weighted by Crippen LogP contribution is 2.26. The number of rotatable bonds is 1. The molecule has 1 amide bonds. The van der Waals surface area contributed by atoms with Gasteiger partial charge in [-0.15, -0.1) is 0 Å². The quantitative estimate of drug-likeness (QED) is 0.798. The average molecular weight is 233 g/mol. The molecule has 3 rings (SSSR count). The van der Waals surface area contributed by atoms with Gasteiger partial charge >= 0.3 is 0 Å². The maximum Gasteiger partial charge on any atom is 0.226 e. The van der Waals surface area contributed by atoms with E-state index < -0.39 is 0 Å². The van der Waals surface area contributed by atoms with Crippen LogP contribution in [0.15, 0.2) is 0 Å². The summed E-state index contributed by atoms with van der Waals surface area (Å²) in [5.41, 5.74) is 2.36. The van der Waals surface area contributed by atoms with E-state index in [4.69, 9.17) is 0 Å². The summed E-state index contributed by atoms with van der Waals surface area (Å²) in [5, 5.41) is 0. The van der Waals surface area contributed by atoms with Gasteiger partial charge in [0.2, 0.25) is 5.91 Å². The zero-order valence-electron chi connectivity index (χ0n) is 10.3. The van der Waals surface area contributed by atoms with Gasteiger partial charge in [-0.1, -0.05) is 0 Å². The molecule has 17 heavy (non-hydrogen) atoms. The summed E-state index contributed by atoms with van der Waals surface area (Å²) in [6.07, 6.45) is 5.11. The Balaban J connectivity index is 1.72. The van der Waals surface area contributed by atoms with E-state index in [1.807, 2.05) is 11.8 Å². The van der Waals surface area contributed by atoms with Crippen LogP contribution in [0.3, 0.4) is 0 Å². The molecule has 0 radical (unpaired) electrons. The van der Waals surface area contributed by atoms with Crippen LogP contribution in [0.4, 0.5) is 0 Å². The summed E-state index contributed by atoms with van der Waals surface area (Å²) in [7, 11) is 0. The maximum atomic E-state index is 12.3. The topological polar surface area (TPSA) is 49.0 Å². The Morgan fingerprint density at radius 1 is 1.41 bits per heavy atom. The number of amides is 1. The van der Waals surface area contributed by atoms with Crippen LogP contribution in [0, 0.1) is 12.8 Å². The average Bonchev–Trinajstić information content (AvgIpc) is 2.94. The number of aromatic nitrogens is 2. The van der Waals surface area contributed by atoms with Gasteiger partial charge in [-0.05, 0) is 32.6 Å². The Morgan fingerprint density at radius 2 is 2.18 bits per heavy atom. The van der Waals surface area contributed by atoms with E-state index in [-0.39, 0.29) is 5.92 Å². The first kappa shape index (κ1) is 10.8. The molecule has 1 fully saturated rings. The van der Waals surface area contributed by atoms with Crippen LogP contribution in [0.25, 0.3) is 0 Å². The molecule has 4 nitrogen and oxygen atoms in total. The first-order chi connectivity index (χ1) is 8.24. The largest absolute Gasteiger partial charge is 0.346 e. The standard InChI is InChI=1S/C13H19N3O/c1-9-14-11-5-4-10(8-12(11)15-9)13(17)16-6-2-3-7-16/h10H,2-8H2,1H3,(H,14,15). The number of H-pyrrole nitrogens is 1. The third kappa shape index (κ3) is 1.96. The lowest BCUT2D eigenvalue weighted by atomic mass is 9.89. The maximum absolute atomic E-state index is 12.3. The molecule has 1 aromatic heterocycles. The molecule has 1 aliphatic carbocycles. The Labute approximate surface area is 101 Å². The van der Waals surface area contributed by atoms with Gasteiger partial charge in [0.1, 0.15) is 5.82 Å². The van der Waals surface area contributed by atoms with Gasteiger partial charge in [0.25, 0.3) is 0 Å². The van der Waals surface area contributed by atoms with Crippen molar-refractivity contribution in [2.45, 2.75) is 39.0 Å². The van der Waals surface area contributed by atoms with E-state index in [1.165, 1.54) is 24.2 Å². The fourth-order valence-electron chi connectivity index (χ4n) is 3.03. The van der Waals surface area contributed by atoms with Crippen molar-refractivity contribution >= 4 is 5.91 Å². The number of aryl methyl sites for hydroxylation is 2. The van der Waals surface area contributed by atoms with Crippen LogP contribution < -0.4 is 0 Å². The Hall–Kier alpha value is -1.32. The lowest BCUT2D eigenvalue weighted by Crippen LogP contribution is -2.36. The Morgan fingerprint density at radius 3 is 2.94 bits per heavy atom. The Bertz CT molecular complexity index is 432. The van der Waals surface area contributed by atoms with E-state index in [2.05, 4.69) is 9.97 Å². The second kappa shape index (κ2) is 4.17. The van der Waals surface area contributed by atoms with Gasteiger partial charge in [0.15, 0.2) is 0 Å². The molecule has 4 heteroatoms.